The second kappa shape index (κ2) is 6.03. The SMILES string of the molecule is O=C1C[C@@H](Sc2ccc(Br)cc2)C(=O)N1c1ccccc1. The van der Waals surface area contributed by atoms with Gasteiger partial charge in [0, 0.05) is 15.8 Å². The average Bonchev–Trinajstić information content (AvgIpc) is 2.77. The molecule has 1 atom stereocenters. The van der Waals surface area contributed by atoms with E-state index in [4.69, 9.17) is 0 Å². The maximum Gasteiger partial charge on any atom is 0.247 e. The number of imide groups is 1. The zero-order chi connectivity index (χ0) is 14.8. The van der Waals surface area contributed by atoms with Crippen molar-refractivity contribution in [3.63, 3.8) is 0 Å². The first-order valence-electron chi connectivity index (χ1n) is 6.49. The van der Waals surface area contributed by atoms with Gasteiger partial charge in [-0.2, -0.15) is 0 Å². The number of anilines is 1. The van der Waals surface area contributed by atoms with Gasteiger partial charge >= 0.3 is 0 Å². The number of rotatable bonds is 3. The zero-order valence-electron chi connectivity index (χ0n) is 11.0. The lowest BCUT2D eigenvalue weighted by Crippen LogP contribution is -2.30. The molecule has 2 amide bonds. The van der Waals surface area contributed by atoms with Gasteiger partial charge in [0.2, 0.25) is 11.8 Å². The van der Waals surface area contributed by atoms with E-state index < -0.39 is 0 Å². The Morgan fingerprint density at radius 2 is 1.67 bits per heavy atom. The number of amides is 2. The Morgan fingerprint density at radius 3 is 2.33 bits per heavy atom. The van der Waals surface area contributed by atoms with E-state index in [0.29, 0.717) is 5.69 Å². The predicted molar refractivity (Wildman–Crippen MR) is 87.3 cm³/mol. The third-order valence-corrected chi connectivity index (χ3v) is 4.94. The summed E-state index contributed by atoms with van der Waals surface area (Å²) in [5.74, 6) is -0.278. The number of hydrogen-bond acceptors (Lipinski definition) is 3. The van der Waals surface area contributed by atoms with Gasteiger partial charge in [0.1, 0.15) is 0 Å². The maximum atomic E-state index is 12.5. The van der Waals surface area contributed by atoms with Gasteiger partial charge in [0.15, 0.2) is 0 Å². The molecule has 0 spiro atoms. The van der Waals surface area contributed by atoms with Crippen molar-refractivity contribution >= 4 is 45.2 Å². The number of benzene rings is 2. The van der Waals surface area contributed by atoms with Crippen LogP contribution in [0.4, 0.5) is 5.69 Å². The fourth-order valence-corrected chi connectivity index (χ4v) is 3.54. The minimum atomic E-state index is -0.348. The Labute approximate surface area is 135 Å². The molecule has 0 unspecified atom stereocenters. The van der Waals surface area contributed by atoms with E-state index in [-0.39, 0.29) is 23.5 Å². The summed E-state index contributed by atoms with van der Waals surface area (Å²) in [7, 11) is 0. The van der Waals surface area contributed by atoms with Gasteiger partial charge < -0.3 is 0 Å². The van der Waals surface area contributed by atoms with Gasteiger partial charge in [-0.1, -0.05) is 34.1 Å². The number of halogens is 1. The predicted octanol–water partition coefficient (Wildman–Crippen LogP) is 3.87. The second-order valence-electron chi connectivity index (χ2n) is 4.67. The highest BCUT2D eigenvalue weighted by molar-refractivity contribution is 9.10. The molecule has 2 aromatic rings. The molecule has 1 heterocycles. The van der Waals surface area contributed by atoms with Crippen LogP contribution in [0.2, 0.25) is 0 Å². The maximum absolute atomic E-state index is 12.5. The molecule has 5 heteroatoms. The quantitative estimate of drug-likeness (QED) is 0.778. The highest BCUT2D eigenvalue weighted by atomic mass is 79.9. The van der Waals surface area contributed by atoms with Crippen LogP contribution < -0.4 is 4.90 Å². The lowest BCUT2D eigenvalue weighted by atomic mass is 10.3. The van der Waals surface area contributed by atoms with Crippen molar-refractivity contribution in [3.05, 3.63) is 59.1 Å². The third-order valence-electron chi connectivity index (χ3n) is 3.21. The summed E-state index contributed by atoms with van der Waals surface area (Å²) < 4.78 is 0.992. The summed E-state index contributed by atoms with van der Waals surface area (Å²) in [6.45, 7) is 0. The van der Waals surface area contributed by atoms with Crippen molar-refractivity contribution in [1.82, 2.24) is 0 Å². The van der Waals surface area contributed by atoms with Gasteiger partial charge in [-0.25, -0.2) is 4.90 Å². The lowest BCUT2D eigenvalue weighted by molar-refractivity contribution is -0.121. The molecule has 21 heavy (non-hydrogen) atoms. The monoisotopic (exact) mass is 361 g/mol. The molecule has 0 bridgehead atoms. The first kappa shape index (κ1) is 14.4. The topological polar surface area (TPSA) is 37.4 Å². The minimum absolute atomic E-state index is 0.138. The first-order chi connectivity index (χ1) is 10.1. The Kier molecular flexibility index (Phi) is 4.12. The molecule has 0 saturated carbocycles. The summed E-state index contributed by atoms with van der Waals surface area (Å²) in [6, 6.07) is 16.8. The zero-order valence-corrected chi connectivity index (χ0v) is 13.4. The molecule has 2 aromatic carbocycles. The number of carbonyl (C=O) groups excluding carboxylic acids is 2. The minimum Gasteiger partial charge on any atom is -0.274 e. The molecular weight excluding hydrogens is 350 g/mol. The Hall–Kier alpha value is -1.59. The van der Waals surface area contributed by atoms with Crippen LogP contribution in [0, 0.1) is 0 Å². The number of hydrogen-bond donors (Lipinski definition) is 0. The third kappa shape index (κ3) is 3.04. The molecule has 106 valence electrons. The van der Waals surface area contributed by atoms with Crippen LogP contribution in [0.1, 0.15) is 6.42 Å². The van der Waals surface area contributed by atoms with Crippen molar-refractivity contribution < 1.29 is 9.59 Å². The molecule has 0 radical (unpaired) electrons. The highest BCUT2D eigenvalue weighted by Crippen LogP contribution is 2.34. The van der Waals surface area contributed by atoms with Gasteiger partial charge in [0.25, 0.3) is 0 Å². The molecule has 1 fully saturated rings. The van der Waals surface area contributed by atoms with Crippen molar-refractivity contribution in [2.24, 2.45) is 0 Å². The van der Waals surface area contributed by atoms with Crippen LogP contribution in [0.15, 0.2) is 64.0 Å². The van der Waals surface area contributed by atoms with Gasteiger partial charge in [-0.05, 0) is 36.4 Å². The van der Waals surface area contributed by atoms with Crippen molar-refractivity contribution in [2.45, 2.75) is 16.6 Å². The van der Waals surface area contributed by atoms with Gasteiger partial charge in [-0.15, -0.1) is 11.8 Å². The number of para-hydroxylation sites is 1. The Morgan fingerprint density at radius 1 is 1.00 bits per heavy atom. The first-order valence-corrected chi connectivity index (χ1v) is 8.16. The summed E-state index contributed by atoms with van der Waals surface area (Å²) in [6.07, 6.45) is 0.245. The van der Waals surface area contributed by atoms with Crippen LogP contribution >= 0.6 is 27.7 Å². The van der Waals surface area contributed by atoms with E-state index in [2.05, 4.69) is 15.9 Å². The van der Waals surface area contributed by atoms with Crippen LogP contribution in [-0.2, 0) is 9.59 Å². The van der Waals surface area contributed by atoms with E-state index in [9.17, 15) is 9.59 Å². The normalized spacial score (nSPS) is 18.3. The second-order valence-corrected chi connectivity index (χ2v) is 6.86. The van der Waals surface area contributed by atoms with E-state index in [1.165, 1.54) is 16.7 Å². The highest BCUT2D eigenvalue weighted by Gasteiger charge is 2.39. The van der Waals surface area contributed by atoms with Crippen molar-refractivity contribution in [3.8, 4) is 0 Å². The average molecular weight is 362 g/mol. The van der Waals surface area contributed by atoms with Gasteiger partial charge in [-0.3, -0.25) is 9.59 Å². The Bertz CT molecular complexity index is 672. The standard InChI is InChI=1S/C16H12BrNO2S/c17-11-6-8-13(9-7-11)21-14-10-15(19)18(16(14)20)12-4-2-1-3-5-12/h1-9,14H,10H2/t14-/m1/s1. The van der Waals surface area contributed by atoms with Crippen molar-refractivity contribution in [1.29, 1.82) is 0 Å². The van der Waals surface area contributed by atoms with E-state index >= 15 is 0 Å². The molecule has 3 rings (SSSR count). The lowest BCUT2D eigenvalue weighted by Gasteiger charge is -2.14. The molecule has 1 aliphatic heterocycles. The largest absolute Gasteiger partial charge is 0.274 e. The van der Waals surface area contributed by atoms with E-state index in [1.807, 2.05) is 42.5 Å². The smallest absolute Gasteiger partial charge is 0.247 e. The molecule has 0 aromatic heterocycles. The van der Waals surface area contributed by atoms with E-state index in [1.54, 1.807) is 12.1 Å². The summed E-state index contributed by atoms with van der Waals surface area (Å²) in [4.78, 5) is 26.9. The van der Waals surface area contributed by atoms with Crippen LogP contribution in [0.3, 0.4) is 0 Å². The van der Waals surface area contributed by atoms with Gasteiger partial charge in [0.05, 0.1) is 10.9 Å². The van der Waals surface area contributed by atoms with Crippen LogP contribution in [-0.4, -0.2) is 17.1 Å². The molecule has 3 nitrogen and oxygen atoms in total. The number of nitrogens with zero attached hydrogens (tertiary/aromatic N) is 1. The number of thioether (sulfide) groups is 1. The number of carbonyl (C=O) groups is 2. The summed E-state index contributed by atoms with van der Waals surface area (Å²) in [5, 5.41) is -0.348. The van der Waals surface area contributed by atoms with Crippen LogP contribution in [0.5, 0.6) is 0 Å². The molecule has 0 aliphatic carbocycles. The van der Waals surface area contributed by atoms with Crippen molar-refractivity contribution in [2.75, 3.05) is 4.90 Å². The van der Waals surface area contributed by atoms with E-state index in [0.717, 1.165) is 9.37 Å². The fourth-order valence-electron chi connectivity index (χ4n) is 2.22. The molecule has 1 aliphatic rings. The summed E-state index contributed by atoms with van der Waals surface area (Å²) in [5.41, 5.74) is 0.645. The molecular formula is C16H12BrNO2S. The summed E-state index contributed by atoms with van der Waals surface area (Å²) >= 11 is 4.82. The molecule has 0 N–H and O–H groups in total. The molecule has 1 saturated heterocycles. The van der Waals surface area contributed by atoms with Crippen LogP contribution in [0.25, 0.3) is 0 Å². The Balaban J connectivity index is 1.79. The fraction of sp³-hybridized carbons (Fsp3) is 0.125.